The minimum Gasteiger partial charge on any atom is -0.459 e. The zero-order valence-electron chi connectivity index (χ0n) is 13.5. The smallest absolute Gasteiger partial charge is 0.352 e. The van der Waals surface area contributed by atoms with Crippen LogP contribution >= 0.6 is 11.8 Å². The lowest BCUT2D eigenvalue weighted by atomic mass is 10.1. The van der Waals surface area contributed by atoms with Crippen molar-refractivity contribution in [2.45, 2.75) is 31.1 Å². The van der Waals surface area contributed by atoms with Gasteiger partial charge >= 0.3 is 11.9 Å². The largest absolute Gasteiger partial charge is 0.459 e. The minimum atomic E-state index is -1.05. The standard InChI is InChI=1S/C18H19NO4S/c1-13(12-24-16-10-6-7-11-19-16)22-18(21)17(23-14(2)20)15-8-4-3-5-9-15/h3-11,13,17H,12H2,1-2H3/t13-,17-/m0/s1. The SMILES string of the molecule is CC(=O)O[C@H](C(=O)O[C@@H](C)CSc1ccccn1)c1ccccc1. The van der Waals surface area contributed by atoms with E-state index >= 15 is 0 Å². The molecule has 24 heavy (non-hydrogen) atoms. The molecule has 2 aromatic rings. The summed E-state index contributed by atoms with van der Waals surface area (Å²) in [5.41, 5.74) is 0.585. The van der Waals surface area contributed by atoms with Crippen molar-refractivity contribution >= 4 is 23.7 Å². The van der Waals surface area contributed by atoms with Gasteiger partial charge in [0.05, 0.1) is 5.03 Å². The third kappa shape index (κ3) is 5.70. The molecule has 0 amide bonds. The Morgan fingerprint density at radius 3 is 2.42 bits per heavy atom. The number of pyridine rings is 1. The van der Waals surface area contributed by atoms with Crippen LogP contribution in [0.5, 0.6) is 0 Å². The first-order valence-corrected chi connectivity index (χ1v) is 8.51. The highest BCUT2D eigenvalue weighted by molar-refractivity contribution is 7.99. The summed E-state index contributed by atoms with van der Waals surface area (Å²) in [7, 11) is 0. The topological polar surface area (TPSA) is 65.5 Å². The van der Waals surface area contributed by atoms with Crippen molar-refractivity contribution in [3.63, 3.8) is 0 Å². The second-order valence-corrected chi connectivity index (χ2v) is 6.17. The van der Waals surface area contributed by atoms with E-state index in [1.807, 2.05) is 24.3 Å². The highest BCUT2D eigenvalue weighted by Gasteiger charge is 2.26. The van der Waals surface area contributed by atoms with Gasteiger partial charge < -0.3 is 9.47 Å². The zero-order chi connectivity index (χ0) is 17.4. The molecule has 0 N–H and O–H groups in total. The fourth-order valence-corrected chi connectivity index (χ4v) is 2.76. The molecule has 0 saturated heterocycles. The number of carbonyl (C=O) groups is 2. The first-order valence-electron chi connectivity index (χ1n) is 7.52. The number of nitrogens with zero attached hydrogens (tertiary/aromatic N) is 1. The molecule has 6 heteroatoms. The van der Waals surface area contributed by atoms with E-state index in [0.717, 1.165) is 5.03 Å². The fourth-order valence-electron chi connectivity index (χ4n) is 1.98. The fraction of sp³-hybridized carbons (Fsp3) is 0.278. The van der Waals surface area contributed by atoms with Crippen molar-refractivity contribution in [2.75, 3.05) is 5.75 Å². The Morgan fingerprint density at radius 1 is 1.08 bits per heavy atom. The third-order valence-electron chi connectivity index (χ3n) is 3.02. The van der Waals surface area contributed by atoms with E-state index in [-0.39, 0.29) is 6.10 Å². The molecule has 0 fully saturated rings. The molecular weight excluding hydrogens is 326 g/mol. The summed E-state index contributed by atoms with van der Waals surface area (Å²) in [5, 5.41) is 0.861. The normalized spacial score (nSPS) is 12.9. The predicted molar refractivity (Wildman–Crippen MR) is 91.5 cm³/mol. The molecule has 0 aliphatic rings. The van der Waals surface area contributed by atoms with Crippen LogP contribution in [0.3, 0.4) is 0 Å². The number of benzene rings is 1. The summed E-state index contributed by atoms with van der Waals surface area (Å²) in [6.45, 7) is 3.06. The van der Waals surface area contributed by atoms with E-state index in [1.54, 1.807) is 37.4 Å². The van der Waals surface area contributed by atoms with Gasteiger partial charge in [0.1, 0.15) is 6.10 Å². The Morgan fingerprint density at radius 2 is 1.79 bits per heavy atom. The number of carbonyl (C=O) groups excluding carboxylic acids is 2. The molecule has 0 spiro atoms. The van der Waals surface area contributed by atoms with Gasteiger partial charge in [-0.05, 0) is 19.1 Å². The first-order chi connectivity index (χ1) is 11.6. The van der Waals surface area contributed by atoms with Crippen LogP contribution in [0.15, 0.2) is 59.8 Å². The molecule has 126 valence electrons. The van der Waals surface area contributed by atoms with Gasteiger partial charge in [0.15, 0.2) is 0 Å². The highest BCUT2D eigenvalue weighted by Crippen LogP contribution is 2.22. The first kappa shape index (κ1) is 18.0. The van der Waals surface area contributed by atoms with Crippen LogP contribution in [0.4, 0.5) is 0 Å². The quantitative estimate of drug-likeness (QED) is 0.566. The molecule has 1 heterocycles. The lowest BCUT2D eigenvalue weighted by Gasteiger charge is -2.19. The summed E-state index contributed by atoms with van der Waals surface area (Å²) in [5.74, 6) is -0.550. The van der Waals surface area contributed by atoms with Gasteiger partial charge in [-0.2, -0.15) is 0 Å². The number of rotatable bonds is 7. The van der Waals surface area contributed by atoms with Crippen LogP contribution in [0.2, 0.25) is 0 Å². The second kappa shape index (κ2) is 9.08. The van der Waals surface area contributed by atoms with Crippen molar-refractivity contribution in [1.82, 2.24) is 4.98 Å². The van der Waals surface area contributed by atoms with Gasteiger partial charge in [0.2, 0.25) is 6.10 Å². The van der Waals surface area contributed by atoms with E-state index < -0.39 is 18.0 Å². The molecule has 0 aliphatic carbocycles. The molecule has 0 saturated carbocycles. The molecule has 0 unspecified atom stereocenters. The van der Waals surface area contributed by atoms with E-state index in [2.05, 4.69) is 4.98 Å². The summed E-state index contributed by atoms with van der Waals surface area (Å²) in [6.07, 6.45) is 0.322. The van der Waals surface area contributed by atoms with Crippen LogP contribution in [-0.2, 0) is 19.1 Å². The maximum absolute atomic E-state index is 12.4. The van der Waals surface area contributed by atoms with Crippen molar-refractivity contribution < 1.29 is 19.1 Å². The monoisotopic (exact) mass is 345 g/mol. The molecule has 0 radical (unpaired) electrons. The average molecular weight is 345 g/mol. The Labute approximate surface area is 145 Å². The summed E-state index contributed by atoms with van der Waals surface area (Å²) >= 11 is 1.50. The van der Waals surface area contributed by atoms with E-state index in [9.17, 15) is 9.59 Å². The van der Waals surface area contributed by atoms with Crippen molar-refractivity contribution in [1.29, 1.82) is 0 Å². The van der Waals surface area contributed by atoms with Crippen LogP contribution < -0.4 is 0 Å². The van der Waals surface area contributed by atoms with E-state index in [0.29, 0.717) is 11.3 Å². The number of esters is 2. The third-order valence-corrected chi connectivity index (χ3v) is 4.19. The van der Waals surface area contributed by atoms with Gasteiger partial charge in [0, 0.05) is 24.4 Å². The Balaban J connectivity index is 1.95. The molecular formula is C18H19NO4S. The maximum Gasteiger partial charge on any atom is 0.352 e. The Hall–Kier alpha value is -2.34. The van der Waals surface area contributed by atoms with Gasteiger partial charge in [-0.25, -0.2) is 9.78 Å². The predicted octanol–water partition coefficient (Wildman–Crippen LogP) is 3.41. The van der Waals surface area contributed by atoms with Crippen LogP contribution in [0.1, 0.15) is 25.5 Å². The number of aromatic nitrogens is 1. The van der Waals surface area contributed by atoms with Gasteiger partial charge in [0.25, 0.3) is 0 Å². The average Bonchev–Trinajstić information content (AvgIpc) is 2.59. The lowest BCUT2D eigenvalue weighted by molar-refractivity contribution is -0.169. The number of hydrogen-bond acceptors (Lipinski definition) is 6. The number of ether oxygens (including phenoxy) is 2. The zero-order valence-corrected chi connectivity index (χ0v) is 14.4. The van der Waals surface area contributed by atoms with Crippen molar-refractivity contribution in [3.05, 3.63) is 60.3 Å². The summed E-state index contributed by atoms with van der Waals surface area (Å²) in [6, 6.07) is 14.5. The van der Waals surface area contributed by atoms with Crippen LogP contribution in [-0.4, -0.2) is 28.8 Å². The maximum atomic E-state index is 12.4. The van der Waals surface area contributed by atoms with Crippen LogP contribution in [0, 0.1) is 0 Å². The second-order valence-electron chi connectivity index (χ2n) is 5.13. The van der Waals surface area contributed by atoms with Gasteiger partial charge in [-0.3, -0.25) is 4.79 Å². The van der Waals surface area contributed by atoms with E-state index in [1.165, 1.54) is 18.7 Å². The molecule has 2 rings (SSSR count). The van der Waals surface area contributed by atoms with E-state index in [4.69, 9.17) is 9.47 Å². The minimum absolute atomic E-state index is 0.341. The van der Waals surface area contributed by atoms with Gasteiger partial charge in [-0.1, -0.05) is 36.4 Å². The summed E-state index contributed by atoms with van der Waals surface area (Å²) in [4.78, 5) is 27.9. The molecule has 0 bridgehead atoms. The molecule has 1 aromatic heterocycles. The molecule has 1 aromatic carbocycles. The Kier molecular flexibility index (Phi) is 6.81. The van der Waals surface area contributed by atoms with Crippen molar-refractivity contribution in [2.24, 2.45) is 0 Å². The molecule has 5 nitrogen and oxygen atoms in total. The van der Waals surface area contributed by atoms with Gasteiger partial charge in [-0.15, -0.1) is 11.8 Å². The molecule has 0 aliphatic heterocycles. The molecule has 2 atom stereocenters. The Bertz CT molecular complexity index is 663. The van der Waals surface area contributed by atoms with Crippen LogP contribution in [0.25, 0.3) is 0 Å². The number of thioether (sulfide) groups is 1. The summed E-state index contributed by atoms with van der Waals surface area (Å²) < 4.78 is 10.6. The number of hydrogen-bond donors (Lipinski definition) is 0. The van der Waals surface area contributed by atoms with Crippen molar-refractivity contribution in [3.8, 4) is 0 Å². The highest BCUT2D eigenvalue weighted by atomic mass is 32.2. The lowest BCUT2D eigenvalue weighted by Crippen LogP contribution is -2.25.